The number of benzene rings is 1. The van der Waals surface area contributed by atoms with Crippen molar-refractivity contribution in [2.24, 2.45) is 5.41 Å². The molecule has 0 bridgehead atoms. The summed E-state index contributed by atoms with van der Waals surface area (Å²) in [5.74, 6) is -0.124. The first-order valence-electron chi connectivity index (χ1n) is 5.93. The van der Waals surface area contributed by atoms with E-state index < -0.39 is 0 Å². The van der Waals surface area contributed by atoms with Gasteiger partial charge in [-0.1, -0.05) is 26.0 Å². The summed E-state index contributed by atoms with van der Waals surface area (Å²) in [6.45, 7) is 6.52. The van der Waals surface area contributed by atoms with E-state index in [4.69, 9.17) is 0 Å². The molecule has 0 heterocycles. The van der Waals surface area contributed by atoms with E-state index in [1.165, 1.54) is 12.0 Å². The Balaban J connectivity index is 2.29. The minimum Gasteiger partial charge on any atom is -0.207 e. The maximum atomic E-state index is 13.3. The highest BCUT2D eigenvalue weighted by molar-refractivity contribution is 5.67. The Morgan fingerprint density at radius 3 is 2.50 bits per heavy atom. The highest BCUT2D eigenvalue weighted by atomic mass is 19.1. The van der Waals surface area contributed by atoms with Crippen molar-refractivity contribution in [1.82, 2.24) is 0 Å². The van der Waals surface area contributed by atoms with Gasteiger partial charge < -0.3 is 0 Å². The van der Waals surface area contributed by atoms with Crippen molar-refractivity contribution in [2.75, 3.05) is 0 Å². The van der Waals surface area contributed by atoms with Gasteiger partial charge >= 0.3 is 0 Å². The lowest BCUT2D eigenvalue weighted by atomic mass is 9.77. The molecule has 0 radical (unpaired) electrons. The van der Waals surface area contributed by atoms with E-state index in [0.29, 0.717) is 5.41 Å². The summed E-state index contributed by atoms with van der Waals surface area (Å²) in [6.07, 6.45) is 5.62. The third kappa shape index (κ3) is 2.52. The molecule has 0 aromatic heterocycles. The van der Waals surface area contributed by atoms with E-state index in [1.54, 1.807) is 12.1 Å². The average molecular weight is 218 g/mol. The second-order valence-corrected chi connectivity index (χ2v) is 5.61. The summed E-state index contributed by atoms with van der Waals surface area (Å²) in [7, 11) is 0. The quantitative estimate of drug-likeness (QED) is 0.639. The molecule has 1 aliphatic carbocycles. The number of hydrogen-bond donors (Lipinski definition) is 0. The summed E-state index contributed by atoms with van der Waals surface area (Å²) >= 11 is 0. The molecule has 0 amide bonds. The number of halogens is 1. The van der Waals surface area contributed by atoms with Crippen molar-refractivity contribution in [3.63, 3.8) is 0 Å². The van der Waals surface area contributed by atoms with Gasteiger partial charge in [-0.15, -0.1) is 0 Å². The monoisotopic (exact) mass is 218 g/mol. The Kier molecular flexibility index (Phi) is 2.88. The molecule has 1 aromatic rings. The van der Waals surface area contributed by atoms with Crippen molar-refractivity contribution < 1.29 is 4.39 Å². The molecule has 0 saturated carbocycles. The van der Waals surface area contributed by atoms with Gasteiger partial charge in [-0.3, -0.25) is 0 Å². The zero-order valence-electron chi connectivity index (χ0n) is 10.3. The van der Waals surface area contributed by atoms with Crippen LogP contribution in [0.2, 0.25) is 0 Å². The smallest absolute Gasteiger partial charge is 0.124 e. The van der Waals surface area contributed by atoms with Crippen LogP contribution >= 0.6 is 0 Å². The summed E-state index contributed by atoms with van der Waals surface area (Å²) in [6, 6.07) is 5.31. The van der Waals surface area contributed by atoms with E-state index in [-0.39, 0.29) is 5.82 Å². The van der Waals surface area contributed by atoms with Crippen molar-refractivity contribution in [1.29, 1.82) is 0 Å². The molecule has 16 heavy (non-hydrogen) atoms. The maximum Gasteiger partial charge on any atom is 0.124 e. The molecular weight excluding hydrogens is 199 g/mol. The van der Waals surface area contributed by atoms with Crippen LogP contribution in [-0.4, -0.2) is 0 Å². The highest BCUT2D eigenvalue weighted by Crippen LogP contribution is 2.38. The summed E-state index contributed by atoms with van der Waals surface area (Å²) in [5.41, 5.74) is 3.78. The summed E-state index contributed by atoms with van der Waals surface area (Å²) in [4.78, 5) is 0. The Morgan fingerprint density at radius 1 is 1.19 bits per heavy atom. The summed E-state index contributed by atoms with van der Waals surface area (Å²) < 4.78 is 13.3. The molecule has 2 rings (SSSR count). The molecule has 0 spiro atoms. The Morgan fingerprint density at radius 2 is 1.94 bits per heavy atom. The van der Waals surface area contributed by atoms with Gasteiger partial charge in [-0.25, -0.2) is 4.39 Å². The van der Waals surface area contributed by atoms with Crippen LogP contribution in [0.4, 0.5) is 4.39 Å². The number of rotatable bonds is 1. The normalized spacial score (nSPS) is 19.4. The van der Waals surface area contributed by atoms with E-state index >= 15 is 0 Å². The van der Waals surface area contributed by atoms with Gasteiger partial charge in [0, 0.05) is 0 Å². The van der Waals surface area contributed by atoms with Crippen molar-refractivity contribution >= 4 is 5.57 Å². The lowest BCUT2D eigenvalue weighted by Crippen LogP contribution is -2.14. The van der Waals surface area contributed by atoms with Crippen LogP contribution < -0.4 is 0 Å². The summed E-state index contributed by atoms with van der Waals surface area (Å²) in [5, 5.41) is 0. The SMILES string of the molecule is Cc1cc(F)cc(C2=CCC(C)(C)CC2)c1. The van der Waals surface area contributed by atoms with E-state index in [9.17, 15) is 4.39 Å². The Labute approximate surface area is 97.2 Å². The van der Waals surface area contributed by atoms with Gasteiger partial charge in [-0.05, 0) is 60.4 Å². The van der Waals surface area contributed by atoms with E-state index in [2.05, 4.69) is 26.0 Å². The van der Waals surface area contributed by atoms with E-state index in [0.717, 1.165) is 24.0 Å². The zero-order chi connectivity index (χ0) is 11.8. The molecule has 0 nitrogen and oxygen atoms in total. The first-order chi connectivity index (χ1) is 7.46. The van der Waals surface area contributed by atoms with Crippen molar-refractivity contribution in [2.45, 2.75) is 40.0 Å². The fraction of sp³-hybridized carbons (Fsp3) is 0.467. The fourth-order valence-electron chi connectivity index (χ4n) is 2.26. The van der Waals surface area contributed by atoms with Gasteiger partial charge in [-0.2, -0.15) is 0 Å². The number of allylic oxidation sites excluding steroid dienone is 2. The van der Waals surface area contributed by atoms with Crippen LogP contribution in [0, 0.1) is 18.2 Å². The van der Waals surface area contributed by atoms with Gasteiger partial charge in [0.2, 0.25) is 0 Å². The third-order valence-corrected chi connectivity index (χ3v) is 3.39. The van der Waals surface area contributed by atoms with Gasteiger partial charge in [0.1, 0.15) is 5.82 Å². The van der Waals surface area contributed by atoms with Crippen molar-refractivity contribution in [3.05, 3.63) is 41.2 Å². The van der Waals surface area contributed by atoms with Gasteiger partial charge in [0.25, 0.3) is 0 Å². The molecule has 0 saturated heterocycles. The molecule has 1 aliphatic rings. The van der Waals surface area contributed by atoms with Gasteiger partial charge in [0.15, 0.2) is 0 Å². The van der Waals surface area contributed by atoms with Crippen LogP contribution in [0.15, 0.2) is 24.3 Å². The molecule has 0 unspecified atom stereocenters. The molecule has 0 fully saturated rings. The standard InChI is InChI=1S/C15H19F/c1-11-8-13(10-14(16)9-11)12-4-6-15(2,3)7-5-12/h4,8-10H,5-7H2,1-3H3. The number of hydrogen-bond acceptors (Lipinski definition) is 0. The van der Waals surface area contributed by atoms with Crippen LogP contribution in [0.5, 0.6) is 0 Å². The lowest BCUT2D eigenvalue weighted by molar-refractivity contribution is 0.335. The fourth-order valence-corrected chi connectivity index (χ4v) is 2.26. The predicted octanol–water partition coefficient (Wildman–Crippen LogP) is 4.73. The third-order valence-electron chi connectivity index (χ3n) is 3.39. The minimum absolute atomic E-state index is 0.124. The molecule has 1 heteroatoms. The molecule has 1 aromatic carbocycles. The second kappa shape index (κ2) is 4.04. The van der Waals surface area contributed by atoms with Crippen LogP contribution in [0.25, 0.3) is 5.57 Å². The molecule has 86 valence electrons. The number of aryl methyl sites for hydroxylation is 1. The minimum atomic E-state index is -0.124. The largest absolute Gasteiger partial charge is 0.207 e. The highest BCUT2D eigenvalue weighted by Gasteiger charge is 2.21. The van der Waals surface area contributed by atoms with Crippen molar-refractivity contribution in [3.8, 4) is 0 Å². The van der Waals surface area contributed by atoms with Crippen LogP contribution in [-0.2, 0) is 0 Å². The van der Waals surface area contributed by atoms with E-state index in [1.807, 2.05) is 6.92 Å². The lowest BCUT2D eigenvalue weighted by Gasteiger charge is -2.28. The average Bonchev–Trinajstić information content (AvgIpc) is 2.15. The maximum absolute atomic E-state index is 13.3. The van der Waals surface area contributed by atoms with Crippen LogP contribution in [0.1, 0.15) is 44.2 Å². The Bertz CT molecular complexity index is 407. The second-order valence-electron chi connectivity index (χ2n) is 5.61. The van der Waals surface area contributed by atoms with Gasteiger partial charge in [0.05, 0.1) is 0 Å². The first-order valence-corrected chi connectivity index (χ1v) is 5.93. The van der Waals surface area contributed by atoms with Crippen LogP contribution in [0.3, 0.4) is 0 Å². The molecule has 0 N–H and O–H groups in total. The predicted molar refractivity (Wildman–Crippen MR) is 66.7 cm³/mol. The molecule has 0 aliphatic heterocycles. The molecular formula is C15H19F. The molecule has 0 atom stereocenters. The zero-order valence-corrected chi connectivity index (χ0v) is 10.3. The topological polar surface area (TPSA) is 0 Å². The first kappa shape index (κ1) is 11.4. The Hall–Kier alpha value is -1.11.